The second-order valence-corrected chi connectivity index (χ2v) is 7.42. The number of benzene rings is 2. The lowest BCUT2D eigenvalue weighted by molar-refractivity contribution is -0.384. The van der Waals surface area contributed by atoms with Gasteiger partial charge in [0.1, 0.15) is 0 Å². The summed E-state index contributed by atoms with van der Waals surface area (Å²) >= 11 is 0. The van der Waals surface area contributed by atoms with E-state index >= 15 is 0 Å². The molecule has 0 saturated carbocycles. The van der Waals surface area contributed by atoms with Crippen molar-refractivity contribution in [3.05, 3.63) is 69.8 Å². The highest BCUT2D eigenvalue weighted by Crippen LogP contribution is 2.29. The van der Waals surface area contributed by atoms with Crippen LogP contribution in [0, 0.1) is 10.1 Å². The van der Waals surface area contributed by atoms with Crippen LogP contribution in [0.15, 0.2) is 48.5 Å². The van der Waals surface area contributed by atoms with E-state index in [1.807, 2.05) is 0 Å². The van der Waals surface area contributed by atoms with Gasteiger partial charge in [0.15, 0.2) is 0 Å². The van der Waals surface area contributed by atoms with E-state index < -0.39 is 16.7 Å². The van der Waals surface area contributed by atoms with Crippen molar-refractivity contribution in [1.29, 1.82) is 0 Å². The molecule has 0 radical (unpaired) electrons. The zero-order chi connectivity index (χ0) is 22.4. The molecule has 166 valence electrons. The monoisotopic (exact) mass is 436 g/mol. The van der Waals surface area contributed by atoms with Crippen LogP contribution < -0.4 is 5.32 Å². The largest absolute Gasteiger partial charge is 0.416 e. The van der Waals surface area contributed by atoms with E-state index in [-0.39, 0.29) is 18.0 Å². The molecule has 0 spiro atoms. The number of amides is 1. The van der Waals surface area contributed by atoms with Crippen molar-refractivity contribution in [3.8, 4) is 0 Å². The van der Waals surface area contributed by atoms with Crippen molar-refractivity contribution in [2.45, 2.75) is 19.1 Å². The van der Waals surface area contributed by atoms with Crippen LogP contribution >= 0.6 is 0 Å². The molecule has 1 fully saturated rings. The maximum Gasteiger partial charge on any atom is 0.416 e. The van der Waals surface area contributed by atoms with Gasteiger partial charge in [0.05, 0.1) is 10.5 Å². The molecule has 2 aromatic rings. The first-order chi connectivity index (χ1) is 14.7. The number of carbonyl (C=O) groups is 1. The summed E-state index contributed by atoms with van der Waals surface area (Å²) in [5, 5.41) is 13.5. The Hall–Kier alpha value is -2.98. The summed E-state index contributed by atoms with van der Waals surface area (Å²) in [6.07, 6.45) is -4.10. The minimum Gasteiger partial charge on any atom is -0.326 e. The van der Waals surface area contributed by atoms with Crippen LogP contribution in [0.2, 0.25) is 0 Å². The number of halogens is 3. The summed E-state index contributed by atoms with van der Waals surface area (Å²) in [5.74, 6) is -0.230. The minimum absolute atomic E-state index is 0.0882. The number of alkyl halides is 3. The van der Waals surface area contributed by atoms with Gasteiger partial charge in [0.25, 0.3) is 5.69 Å². The Bertz CT molecular complexity index is 928. The molecule has 0 atom stereocenters. The SMILES string of the molecule is O=C(CCN1CCN(Cc2cccc(C(F)(F)F)c2)CC1)Nc1cccc([N+](=O)[O-])c1. The molecular formula is C21H23F3N4O3. The lowest BCUT2D eigenvalue weighted by atomic mass is 10.1. The normalized spacial score (nSPS) is 15.6. The molecule has 31 heavy (non-hydrogen) atoms. The van der Waals surface area contributed by atoms with E-state index in [9.17, 15) is 28.1 Å². The Kier molecular flexibility index (Phi) is 7.24. The van der Waals surface area contributed by atoms with Gasteiger partial charge >= 0.3 is 6.18 Å². The van der Waals surface area contributed by atoms with Crippen molar-refractivity contribution < 1.29 is 22.9 Å². The molecule has 0 aliphatic carbocycles. The molecule has 1 heterocycles. The fraction of sp³-hybridized carbons (Fsp3) is 0.381. The first-order valence-corrected chi connectivity index (χ1v) is 9.86. The summed E-state index contributed by atoms with van der Waals surface area (Å²) in [7, 11) is 0. The topological polar surface area (TPSA) is 78.7 Å². The maximum atomic E-state index is 12.9. The summed E-state index contributed by atoms with van der Waals surface area (Å²) < 4.78 is 38.6. The number of piperazine rings is 1. The molecule has 0 aromatic heterocycles. The molecule has 1 aliphatic heterocycles. The number of nitro benzene ring substituents is 1. The van der Waals surface area contributed by atoms with Crippen molar-refractivity contribution in [1.82, 2.24) is 9.80 Å². The second kappa shape index (κ2) is 9.88. The van der Waals surface area contributed by atoms with Gasteiger partial charge in [-0.1, -0.05) is 24.3 Å². The van der Waals surface area contributed by atoms with E-state index in [4.69, 9.17) is 0 Å². The third-order valence-electron chi connectivity index (χ3n) is 5.12. The second-order valence-electron chi connectivity index (χ2n) is 7.42. The highest BCUT2D eigenvalue weighted by molar-refractivity contribution is 5.91. The van der Waals surface area contributed by atoms with Crippen LogP contribution in [0.1, 0.15) is 17.5 Å². The summed E-state index contributed by atoms with van der Waals surface area (Å²) in [5.41, 5.74) is 0.276. The van der Waals surface area contributed by atoms with Crippen LogP contribution in [-0.2, 0) is 17.5 Å². The highest BCUT2D eigenvalue weighted by atomic mass is 19.4. The van der Waals surface area contributed by atoms with Crippen molar-refractivity contribution >= 4 is 17.3 Å². The van der Waals surface area contributed by atoms with Crippen LogP contribution in [-0.4, -0.2) is 53.4 Å². The molecule has 0 bridgehead atoms. The van der Waals surface area contributed by atoms with Gasteiger partial charge in [0.2, 0.25) is 5.91 Å². The van der Waals surface area contributed by atoms with E-state index in [1.165, 1.54) is 30.3 Å². The molecular weight excluding hydrogens is 413 g/mol. The Labute approximate surface area is 177 Å². The number of anilines is 1. The number of carbonyl (C=O) groups excluding carboxylic acids is 1. The summed E-state index contributed by atoms with van der Waals surface area (Å²) in [6, 6.07) is 11.1. The average Bonchev–Trinajstić information content (AvgIpc) is 2.73. The van der Waals surface area contributed by atoms with Gasteiger partial charge in [-0.25, -0.2) is 0 Å². The number of nitro groups is 1. The van der Waals surface area contributed by atoms with Gasteiger partial charge in [-0.15, -0.1) is 0 Å². The molecule has 1 saturated heterocycles. The summed E-state index contributed by atoms with van der Waals surface area (Å²) in [4.78, 5) is 26.6. The van der Waals surface area contributed by atoms with Gasteiger partial charge in [-0.05, 0) is 17.7 Å². The first-order valence-electron chi connectivity index (χ1n) is 9.86. The Morgan fingerprint density at radius 1 is 1.03 bits per heavy atom. The van der Waals surface area contributed by atoms with Crippen LogP contribution in [0.5, 0.6) is 0 Å². The van der Waals surface area contributed by atoms with E-state index in [2.05, 4.69) is 15.1 Å². The van der Waals surface area contributed by atoms with Gasteiger partial charge in [0, 0.05) is 63.5 Å². The number of nitrogens with one attached hydrogen (secondary N) is 1. The average molecular weight is 436 g/mol. The number of rotatable bonds is 7. The van der Waals surface area contributed by atoms with Crippen molar-refractivity contribution in [3.63, 3.8) is 0 Å². The van der Waals surface area contributed by atoms with Crippen molar-refractivity contribution in [2.24, 2.45) is 0 Å². The Balaban J connectivity index is 1.42. The third kappa shape index (κ3) is 6.76. The molecule has 1 N–H and O–H groups in total. The number of nitrogens with zero attached hydrogens (tertiary/aromatic N) is 3. The quantitative estimate of drug-likeness (QED) is 0.528. The molecule has 7 nitrogen and oxygen atoms in total. The molecule has 3 rings (SSSR count). The minimum atomic E-state index is -4.35. The van der Waals surface area contributed by atoms with Crippen LogP contribution in [0.25, 0.3) is 0 Å². The molecule has 2 aromatic carbocycles. The Morgan fingerprint density at radius 2 is 1.71 bits per heavy atom. The predicted molar refractivity (Wildman–Crippen MR) is 110 cm³/mol. The standard InChI is InChI=1S/C21H23F3N4O3/c22-21(23,24)17-4-1-3-16(13-17)15-27-11-9-26(10-12-27)8-7-20(29)25-18-5-2-6-19(14-18)28(30)31/h1-6,13-14H,7-12,15H2,(H,25,29). The molecule has 1 amide bonds. The van der Waals surface area contributed by atoms with Crippen LogP contribution in [0.4, 0.5) is 24.5 Å². The van der Waals surface area contributed by atoms with Gasteiger partial charge < -0.3 is 10.2 Å². The molecule has 1 aliphatic rings. The number of hydrogen-bond donors (Lipinski definition) is 1. The number of hydrogen-bond acceptors (Lipinski definition) is 5. The highest BCUT2D eigenvalue weighted by Gasteiger charge is 2.30. The summed E-state index contributed by atoms with van der Waals surface area (Å²) in [6.45, 7) is 3.81. The zero-order valence-corrected chi connectivity index (χ0v) is 16.8. The van der Waals surface area contributed by atoms with E-state index in [1.54, 1.807) is 12.1 Å². The molecule has 0 unspecified atom stereocenters. The van der Waals surface area contributed by atoms with E-state index in [0.717, 1.165) is 6.07 Å². The maximum absolute atomic E-state index is 12.9. The fourth-order valence-corrected chi connectivity index (χ4v) is 3.46. The van der Waals surface area contributed by atoms with Gasteiger partial charge in [-0.3, -0.25) is 19.8 Å². The first kappa shape index (κ1) is 22.7. The van der Waals surface area contributed by atoms with E-state index in [0.29, 0.717) is 50.5 Å². The smallest absolute Gasteiger partial charge is 0.326 e. The number of non-ortho nitro benzene ring substituents is 1. The van der Waals surface area contributed by atoms with Crippen LogP contribution in [0.3, 0.4) is 0 Å². The van der Waals surface area contributed by atoms with Gasteiger partial charge in [-0.2, -0.15) is 13.2 Å². The molecule has 10 heteroatoms. The predicted octanol–water partition coefficient (Wildman–Crippen LogP) is 3.76. The fourth-order valence-electron chi connectivity index (χ4n) is 3.46. The lowest BCUT2D eigenvalue weighted by Gasteiger charge is -2.34. The third-order valence-corrected chi connectivity index (χ3v) is 5.12. The zero-order valence-electron chi connectivity index (χ0n) is 16.8. The lowest BCUT2D eigenvalue weighted by Crippen LogP contribution is -2.46. The Morgan fingerprint density at radius 3 is 2.39 bits per heavy atom. The van der Waals surface area contributed by atoms with Crippen molar-refractivity contribution in [2.75, 3.05) is 38.0 Å².